The summed E-state index contributed by atoms with van der Waals surface area (Å²) in [7, 11) is 0. The van der Waals surface area contributed by atoms with Crippen LogP contribution in [-0.2, 0) is 0 Å². The monoisotopic (exact) mass is 280 g/mol. The van der Waals surface area contributed by atoms with Crippen molar-refractivity contribution < 1.29 is 4.74 Å². The smallest absolute Gasteiger partial charge is 0.254 e. The number of ether oxygens (including phenoxy) is 1. The first-order chi connectivity index (χ1) is 7.63. The summed E-state index contributed by atoms with van der Waals surface area (Å²) in [6.07, 6.45) is 0. The van der Waals surface area contributed by atoms with Gasteiger partial charge < -0.3 is 9.72 Å². The second kappa shape index (κ2) is 4.49. The molecule has 1 aromatic heterocycles. The number of benzene rings is 1. The number of rotatable bonds is 2. The highest BCUT2D eigenvalue weighted by molar-refractivity contribution is 9.10. The van der Waals surface area contributed by atoms with Crippen molar-refractivity contribution in [2.24, 2.45) is 0 Å². The summed E-state index contributed by atoms with van der Waals surface area (Å²) in [5.74, 6) is 1.45. The van der Waals surface area contributed by atoms with E-state index in [9.17, 15) is 4.79 Å². The minimum absolute atomic E-state index is 0.225. The van der Waals surface area contributed by atoms with Gasteiger partial charge in [0, 0.05) is 4.47 Å². The van der Waals surface area contributed by atoms with Crippen molar-refractivity contribution in [3.8, 4) is 11.6 Å². The first-order valence-corrected chi connectivity index (χ1v) is 5.44. The average molecular weight is 281 g/mol. The van der Waals surface area contributed by atoms with Crippen LogP contribution in [0.2, 0.25) is 0 Å². The molecule has 4 nitrogen and oxygen atoms in total. The van der Waals surface area contributed by atoms with Gasteiger partial charge in [-0.25, -0.2) is 4.98 Å². The van der Waals surface area contributed by atoms with Crippen LogP contribution in [0.25, 0.3) is 0 Å². The molecule has 0 spiro atoms. The van der Waals surface area contributed by atoms with E-state index in [1.165, 1.54) is 6.07 Å². The molecule has 0 saturated carbocycles. The quantitative estimate of drug-likeness (QED) is 0.920. The zero-order chi connectivity index (χ0) is 11.5. The van der Waals surface area contributed by atoms with E-state index in [1.54, 1.807) is 19.1 Å². The largest absolute Gasteiger partial charge is 0.439 e. The van der Waals surface area contributed by atoms with Crippen LogP contribution in [-0.4, -0.2) is 9.97 Å². The van der Waals surface area contributed by atoms with Crippen molar-refractivity contribution in [2.75, 3.05) is 0 Å². The highest BCUT2D eigenvalue weighted by Gasteiger charge is 2.01. The summed E-state index contributed by atoms with van der Waals surface area (Å²) in [5, 5.41) is 0. The van der Waals surface area contributed by atoms with E-state index in [1.807, 2.05) is 12.1 Å². The molecule has 1 aromatic carbocycles. The molecule has 5 heteroatoms. The molecule has 0 atom stereocenters. The zero-order valence-electron chi connectivity index (χ0n) is 8.53. The Hall–Kier alpha value is -1.62. The topological polar surface area (TPSA) is 55.0 Å². The summed E-state index contributed by atoms with van der Waals surface area (Å²) in [6.45, 7) is 1.70. The predicted octanol–water partition coefficient (Wildman–Crippen LogP) is 2.63. The third-order valence-corrected chi connectivity index (χ3v) is 2.35. The van der Waals surface area contributed by atoms with Crippen LogP contribution >= 0.6 is 15.9 Å². The van der Waals surface area contributed by atoms with Gasteiger partial charge >= 0.3 is 0 Å². The van der Waals surface area contributed by atoms with Gasteiger partial charge in [0.15, 0.2) is 0 Å². The van der Waals surface area contributed by atoms with E-state index < -0.39 is 0 Å². The maximum atomic E-state index is 11.2. The Morgan fingerprint density at radius 3 is 2.88 bits per heavy atom. The molecule has 0 saturated heterocycles. The summed E-state index contributed by atoms with van der Waals surface area (Å²) in [6, 6.07) is 8.65. The molecule has 2 aromatic rings. The van der Waals surface area contributed by atoms with E-state index in [-0.39, 0.29) is 5.56 Å². The van der Waals surface area contributed by atoms with E-state index in [2.05, 4.69) is 25.9 Å². The molecular weight excluding hydrogens is 272 g/mol. The molecule has 2 rings (SSSR count). The van der Waals surface area contributed by atoms with Crippen LogP contribution in [0.1, 0.15) is 5.82 Å². The standard InChI is InChI=1S/C11H9BrN2O2/c1-7-13-10(15)6-11(14-7)16-9-4-2-3-8(12)5-9/h2-6H,1H3,(H,13,14,15). The highest BCUT2D eigenvalue weighted by atomic mass is 79.9. The van der Waals surface area contributed by atoms with Crippen molar-refractivity contribution >= 4 is 15.9 Å². The Bertz CT molecular complexity index is 566. The van der Waals surface area contributed by atoms with E-state index in [0.29, 0.717) is 17.5 Å². The molecule has 0 aliphatic rings. The van der Waals surface area contributed by atoms with Gasteiger partial charge in [-0.3, -0.25) is 4.79 Å². The van der Waals surface area contributed by atoms with Gasteiger partial charge in [0.1, 0.15) is 11.6 Å². The molecule has 0 aliphatic heterocycles. The third-order valence-electron chi connectivity index (χ3n) is 1.86. The van der Waals surface area contributed by atoms with Crippen LogP contribution < -0.4 is 10.3 Å². The maximum Gasteiger partial charge on any atom is 0.254 e. The first-order valence-electron chi connectivity index (χ1n) is 4.65. The van der Waals surface area contributed by atoms with Crippen molar-refractivity contribution in [1.82, 2.24) is 9.97 Å². The van der Waals surface area contributed by atoms with Gasteiger partial charge in [0.2, 0.25) is 5.88 Å². The van der Waals surface area contributed by atoms with Crippen molar-refractivity contribution in [3.63, 3.8) is 0 Å². The van der Waals surface area contributed by atoms with Crippen molar-refractivity contribution in [1.29, 1.82) is 0 Å². The fourth-order valence-electron chi connectivity index (χ4n) is 1.26. The molecule has 0 bridgehead atoms. The minimum Gasteiger partial charge on any atom is -0.439 e. The van der Waals surface area contributed by atoms with Gasteiger partial charge in [-0.1, -0.05) is 22.0 Å². The minimum atomic E-state index is -0.225. The molecule has 16 heavy (non-hydrogen) atoms. The number of halogens is 1. The average Bonchev–Trinajstić information content (AvgIpc) is 2.15. The summed E-state index contributed by atoms with van der Waals surface area (Å²) in [4.78, 5) is 17.8. The predicted molar refractivity (Wildman–Crippen MR) is 63.8 cm³/mol. The van der Waals surface area contributed by atoms with Gasteiger partial charge in [0.05, 0.1) is 6.07 Å². The third kappa shape index (κ3) is 2.70. The fourth-order valence-corrected chi connectivity index (χ4v) is 1.63. The number of aromatic nitrogens is 2. The second-order valence-electron chi connectivity index (χ2n) is 3.23. The van der Waals surface area contributed by atoms with Crippen molar-refractivity contribution in [3.05, 3.63) is 51.0 Å². The Labute approximate surface area is 100 Å². The lowest BCUT2D eigenvalue weighted by Crippen LogP contribution is -2.08. The number of nitrogens with zero attached hydrogens (tertiary/aromatic N) is 1. The van der Waals surface area contributed by atoms with Crippen LogP contribution in [0.15, 0.2) is 39.6 Å². The summed E-state index contributed by atoms with van der Waals surface area (Å²) in [5.41, 5.74) is -0.225. The summed E-state index contributed by atoms with van der Waals surface area (Å²) >= 11 is 3.34. The number of aromatic amines is 1. The lowest BCUT2D eigenvalue weighted by Gasteiger charge is -2.04. The summed E-state index contributed by atoms with van der Waals surface area (Å²) < 4.78 is 6.37. The number of aryl methyl sites for hydroxylation is 1. The molecule has 0 unspecified atom stereocenters. The van der Waals surface area contributed by atoms with Crippen LogP contribution in [0.3, 0.4) is 0 Å². The molecule has 1 N–H and O–H groups in total. The van der Waals surface area contributed by atoms with Crippen LogP contribution in [0.4, 0.5) is 0 Å². The normalized spacial score (nSPS) is 10.1. The van der Waals surface area contributed by atoms with E-state index >= 15 is 0 Å². The SMILES string of the molecule is Cc1nc(Oc2cccc(Br)c2)cc(=O)[nH]1. The lowest BCUT2D eigenvalue weighted by molar-refractivity contribution is 0.458. The number of H-pyrrole nitrogens is 1. The van der Waals surface area contributed by atoms with Crippen LogP contribution in [0.5, 0.6) is 11.6 Å². The Kier molecular flexibility index (Phi) is 3.05. The zero-order valence-corrected chi connectivity index (χ0v) is 10.1. The maximum absolute atomic E-state index is 11.2. The Morgan fingerprint density at radius 2 is 2.19 bits per heavy atom. The molecular formula is C11H9BrN2O2. The van der Waals surface area contributed by atoms with Gasteiger partial charge in [-0.15, -0.1) is 0 Å². The fraction of sp³-hybridized carbons (Fsp3) is 0.0909. The van der Waals surface area contributed by atoms with E-state index in [4.69, 9.17) is 4.74 Å². The molecule has 0 aliphatic carbocycles. The first kappa shape index (κ1) is 10.9. The van der Waals surface area contributed by atoms with E-state index in [0.717, 1.165) is 4.47 Å². The van der Waals surface area contributed by atoms with Gasteiger partial charge in [-0.05, 0) is 25.1 Å². The molecule has 0 fully saturated rings. The molecule has 0 radical (unpaired) electrons. The Morgan fingerprint density at radius 1 is 1.38 bits per heavy atom. The van der Waals surface area contributed by atoms with Crippen LogP contribution in [0, 0.1) is 6.92 Å². The number of nitrogens with one attached hydrogen (secondary N) is 1. The molecule has 1 heterocycles. The number of hydrogen-bond donors (Lipinski definition) is 1. The second-order valence-corrected chi connectivity index (χ2v) is 4.14. The Balaban J connectivity index is 2.30. The van der Waals surface area contributed by atoms with Gasteiger partial charge in [0.25, 0.3) is 5.56 Å². The molecule has 82 valence electrons. The number of hydrogen-bond acceptors (Lipinski definition) is 3. The molecule has 0 amide bonds. The highest BCUT2D eigenvalue weighted by Crippen LogP contribution is 2.21. The van der Waals surface area contributed by atoms with Crippen molar-refractivity contribution in [2.45, 2.75) is 6.92 Å². The lowest BCUT2D eigenvalue weighted by atomic mass is 10.3. The van der Waals surface area contributed by atoms with Gasteiger partial charge in [-0.2, -0.15) is 0 Å².